The van der Waals surface area contributed by atoms with E-state index in [-0.39, 0.29) is 27.8 Å². The van der Waals surface area contributed by atoms with Crippen molar-refractivity contribution in [2.24, 2.45) is 0 Å². The Balaban J connectivity index is -0.0000000480. The van der Waals surface area contributed by atoms with Crippen molar-refractivity contribution in [1.82, 2.24) is 0 Å². The van der Waals surface area contributed by atoms with Crippen LogP contribution in [0.4, 0.5) is 0 Å². The van der Waals surface area contributed by atoms with Crippen molar-refractivity contribution in [1.29, 1.82) is 0 Å². The summed E-state index contributed by atoms with van der Waals surface area (Å²) in [5.41, 5.74) is 0. The van der Waals surface area contributed by atoms with Gasteiger partial charge in [-0.1, -0.05) is 0 Å². The quantitative estimate of drug-likeness (QED) is 0.393. The van der Waals surface area contributed by atoms with E-state index in [2.05, 4.69) is 6.92 Å². The maximum atomic E-state index is 8.06. The molecule has 0 bridgehead atoms. The van der Waals surface area contributed by atoms with E-state index in [1.807, 2.05) is 0 Å². The Bertz CT molecular complexity index is 12.8. The third-order valence-electron chi connectivity index (χ3n) is 0. The van der Waals surface area contributed by atoms with Crippen LogP contribution in [-0.4, -0.2) is 11.2 Å². The number of hydrogen-bond acceptors (Lipinski definition) is 1. The fourth-order valence-corrected chi connectivity index (χ4v) is 0. The SMILES string of the molecule is CC(C)O.[CH2-]C.[Ti]. The Hall–Kier alpha value is 0.674. The van der Waals surface area contributed by atoms with Crippen LogP contribution in [0.1, 0.15) is 20.8 Å². The van der Waals surface area contributed by atoms with Crippen molar-refractivity contribution in [2.45, 2.75) is 26.9 Å². The third kappa shape index (κ3) is 321. The summed E-state index contributed by atoms with van der Waals surface area (Å²) in [7, 11) is 0. The molecular formula is C5H13OTi-. The Kier molecular flexibility index (Phi) is 35.6. The molecule has 0 aliphatic rings. The summed E-state index contributed by atoms with van der Waals surface area (Å²) < 4.78 is 0. The van der Waals surface area contributed by atoms with Crippen LogP contribution in [0.25, 0.3) is 0 Å². The minimum Gasteiger partial charge on any atom is -0.394 e. The molecule has 0 aromatic heterocycles. The number of aliphatic hydroxyl groups excluding tert-OH is 1. The molecule has 1 N–H and O–H groups in total. The topological polar surface area (TPSA) is 20.2 Å². The Morgan fingerprint density at radius 2 is 1.29 bits per heavy atom. The van der Waals surface area contributed by atoms with Gasteiger partial charge in [0, 0.05) is 27.8 Å². The second kappa shape index (κ2) is 15.9. The molecule has 0 radical (unpaired) electrons. The van der Waals surface area contributed by atoms with Gasteiger partial charge >= 0.3 is 0 Å². The van der Waals surface area contributed by atoms with Crippen LogP contribution >= 0.6 is 0 Å². The van der Waals surface area contributed by atoms with Gasteiger partial charge in [0.2, 0.25) is 0 Å². The summed E-state index contributed by atoms with van der Waals surface area (Å²) in [6, 6.07) is 0. The first kappa shape index (κ1) is 15.6. The minimum atomic E-state index is -0.167. The largest absolute Gasteiger partial charge is 0.394 e. The first-order chi connectivity index (χ1) is 2.73. The van der Waals surface area contributed by atoms with Crippen LogP contribution in [-0.2, 0) is 21.7 Å². The van der Waals surface area contributed by atoms with E-state index in [4.69, 9.17) is 5.11 Å². The van der Waals surface area contributed by atoms with Gasteiger partial charge in [-0.25, -0.2) is 0 Å². The average Bonchev–Trinajstić information content (AvgIpc) is 1.41. The average molecular weight is 137 g/mol. The van der Waals surface area contributed by atoms with E-state index in [1.165, 1.54) is 0 Å². The summed E-state index contributed by atoms with van der Waals surface area (Å²) >= 11 is 0. The van der Waals surface area contributed by atoms with Crippen molar-refractivity contribution < 1.29 is 26.8 Å². The first-order valence-electron chi connectivity index (χ1n) is 2.12. The Morgan fingerprint density at radius 1 is 1.29 bits per heavy atom. The molecular weight excluding hydrogens is 124 g/mol. The first-order valence-corrected chi connectivity index (χ1v) is 2.12. The second-order valence-electron chi connectivity index (χ2n) is 1.09. The monoisotopic (exact) mass is 137 g/mol. The molecule has 0 saturated carbocycles. The molecule has 0 aromatic rings. The predicted molar refractivity (Wildman–Crippen MR) is 28.4 cm³/mol. The van der Waals surface area contributed by atoms with Crippen LogP contribution in [0.5, 0.6) is 0 Å². The van der Waals surface area contributed by atoms with E-state index in [0.29, 0.717) is 0 Å². The van der Waals surface area contributed by atoms with Crippen molar-refractivity contribution in [2.75, 3.05) is 0 Å². The summed E-state index contributed by atoms with van der Waals surface area (Å²) in [6.07, 6.45) is -0.167. The molecule has 0 amide bonds. The number of aliphatic hydroxyl groups is 1. The summed E-state index contributed by atoms with van der Waals surface area (Å²) in [5, 5.41) is 8.06. The molecule has 0 aliphatic heterocycles. The summed E-state index contributed by atoms with van der Waals surface area (Å²) in [4.78, 5) is 0. The molecule has 2 heteroatoms. The maximum absolute atomic E-state index is 8.06. The molecule has 0 rings (SSSR count). The molecule has 1 nitrogen and oxygen atoms in total. The zero-order valence-corrected chi connectivity index (χ0v) is 6.79. The van der Waals surface area contributed by atoms with Gasteiger partial charge in [0.15, 0.2) is 0 Å². The van der Waals surface area contributed by atoms with E-state index in [0.717, 1.165) is 0 Å². The zero-order valence-electron chi connectivity index (χ0n) is 5.23. The van der Waals surface area contributed by atoms with Crippen LogP contribution in [0.15, 0.2) is 0 Å². The van der Waals surface area contributed by atoms with Gasteiger partial charge in [-0.2, -0.15) is 6.92 Å². The van der Waals surface area contributed by atoms with E-state index >= 15 is 0 Å². The van der Waals surface area contributed by atoms with Gasteiger partial charge < -0.3 is 12.0 Å². The van der Waals surface area contributed by atoms with Gasteiger partial charge in [-0.05, 0) is 13.8 Å². The van der Waals surface area contributed by atoms with E-state index in [1.54, 1.807) is 20.8 Å². The number of rotatable bonds is 0. The molecule has 0 unspecified atom stereocenters. The minimum absolute atomic E-state index is 0. The number of hydrogen-bond donors (Lipinski definition) is 1. The van der Waals surface area contributed by atoms with Crippen LogP contribution in [0.2, 0.25) is 0 Å². The van der Waals surface area contributed by atoms with Crippen molar-refractivity contribution in [3.63, 3.8) is 0 Å². The van der Waals surface area contributed by atoms with Crippen molar-refractivity contribution in [3.8, 4) is 0 Å². The van der Waals surface area contributed by atoms with Gasteiger partial charge in [-0.3, -0.25) is 0 Å². The van der Waals surface area contributed by atoms with E-state index in [9.17, 15) is 0 Å². The van der Waals surface area contributed by atoms with Crippen molar-refractivity contribution in [3.05, 3.63) is 6.92 Å². The van der Waals surface area contributed by atoms with Gasteiger partial charge in [0.05, 0.1) is 0 Å². The van der Waals surface area contributed by atoms with Crippen LogP contribution < -0.4 is 0 Å². The Morgan fingerprint density at radius 3 is 1.29 bits per heavy atom. The zero-order chi connectivity index (χ0) is 5.58. The Labute approximate surface area is 61.0 Å². The molecule has 0 spiro atoms. The van der Waals surface area contributed by atoms with Gasteiger partial charge in [0.1, 0.15) is 0 Å². The van der Waals surface area contributed by atoms with Crippen LogP contribution in [0, 0.1) is 6.92 Å². The molecule has 0 aromatic carbocycles. The van der Waals surface area contributed by atoms with Crippen LogP contribution in [0.3, 0.4) is 0 Å². The van der Waals surface area contributed by atoms with Gasteiger partial charge in [-0.15, -0.1) is 0 Å². The normalized spacial score (nSPS) is 6.00. The molecule has 0 fully saturated rings. The maximum Gasteiger partial charge on any atom is 0.0483 e. The molecule has 0 atom stereocenters. The van der Waals surface area contributed by atoms with Crippen molar-refractivity contribution >= 4 is 0 Å². The molecule has 0 heterocycles. The molecule has 44 valence electrons. The molecule has 0 aliphatic carbocycles. The fraction of sp³-hybridized carbons (Fsp3) is 0.800. The second-order valence-corrected chi connectivity index (χ2v) is 1.09. The predicted octanol–water partition coefficient (Wildman–Crippen LogP) is 1.22. The smallest absolute Gasteiger partial charge is 0.0483 e. The summed E-state index contributed by atoms with van der Waals surface area (Å²) in [5.74, 6) is 0. The van der Waals surface area contributed by atoms with Gasteiger partial charge in [0.25, 0.3) is 0 Å². The fourth-order valence-electron chi connectivity index (χ4n) is 0. The summed E-state index contributed by atoms with van der Waals surface area (Å²) in [6.45, 7) is 8.44. The molecule has 7 heavy (non-hydrogen) atoms. The third-order valence-corrected chi connectivity index (χ3v) is 0. The molecule has 0 saturated heterocycles. The standard InChI is InChI=1S/C3H8O.C2H5.Ti/c1-3(2)4;1-2;/h3-4H,1-2H3;1H2,2H3;/q;-1;. The van der Waals surface area contributed by atoms with E-state index < -0.39 is 0 Å².